The Hall–Kier alpha value is -0.620. The number of primary sulfonamides is 1. The van der Waals surface area contributed by atoms with Crippen molar-refractivity contribution in [1.29, 1.82) is 0 Å². The minimum atomic E-state index is -3.40. The summed E-state index contributed by atoms with van der Waals surface area (Å²) < 4.78 is 21.4. The van der Waals surface area contributed by atoms with E-state index in [-0.39, 0.29) is 11.8 Å². The van der Waals surface area contributed by atoms with Gasteiger partial charge in [0.1, 0.15) is 0 Å². The lowest BCUT2D eigenvalue weighted by Gasteiger charge is -2.13. The minimum absolute atomic E-state index is 0.0421. The lowest BCUT2D eigenvalue weighted by molar-refractivity contribution is 0.573. The molecule has 0 bridgehead atoms. The molecule has 0 aromatic heterocycles. The summed E-state index contributed by atoms with van der Waals surface area (Å²) in [5, 5.41) is 8.62. The van der Waals surface area contributed by atoms with Crippen LogP contribution in [0.1, 0.15) is 18.5 Å². The molecule has 1 aromatic carbocycles. The lowest BCUT2D eigenvalue weighted by atomic mass is 10.1. The Bertz CT molecular complexity index is 448. The van der Waals surface area contributed by atoms with Crippen LogP contribution in [0.15, 0.2) is 24.3 Å². The predicted molar refractivity (Wildman–Crippen MR) is 65.8 cm³/mol. The summed E-state index contributed by atoms with van der Waals surface area (Å²) in [5.74, 6) is -0.0715. The van der Waals surface area contributed by atoms with Crippen LogP contribution in [0.4, 0.5) is 0 Å². The molecule has 1 atom stereocenters. The SMILES string of the molecule is CC(NCCS(N)(=O)=O)c1cccc(Cl)c1. The Morgan fingerprint density at radius 1 is 1.50 bits per heavy atom. The number of sulfonamides is 1. The number of hydrogen-bond donors (Lipinski definition) is 2. The second kappa shape index (κ2) is 5.63. The van der Waals surface area contributed by atoms with Gasteiger partial charge in [0.05, 0.1) is 5.75 Å². The fourth-order valence-electron chi connectivity index (χ4n) is 1.31. The third kappa shape index (κ3) is 4.94. The maximum Gasteiger partial charge on any atom is 0.210 e. The predicted octanol–water partition coefficient (Wildman–Crippen LogP) is 1.28. The Morgan fingerprint density at radius 3 is 2.75 bits per heavy atom. The van der Waals surface area contributed by atoms with Gasteiger partial charge in [-0.05, 0) is 24.6 Å². The highest BCUT2D eigenvalue weighted by atomic mass is 35.5. The van der Waals surface area contributed by atoms with Crippen molar-refractivity contribution in [3.05, 3.63) is 34.9 Å². The van der Waals surface area contributed by atoms with Crippen molar-refractivity contribution in [3.63, 3.8) is 0 Å². The van der Waals surface area contributed by atoms with Crippen molar-refractivity contribution >= 4 is 21.6 Å². The van der Waals surface area contributed by atoms with Gasteiger partial charge in [0.2, 0.25) is 10.0 Å². The van der Waals surface area contributed by atoms with Gasteiger partial charge in [-0.1, -0.05) is 23.7 Å². The van der Waals surface area contributed by atoms with Gasteiger partial charge in [0.15, 0.2) is 0 Å². The van der Waals surface area contributed by atoms with Crippen molar-refractivity contribution in [3.8, 4) is 0 Å². The Labute approximate surface area is 101 Å². The molecule has 0 amide bonds. The molecule has 0 spiro atoms. The van der Waals surface area contributed by atoms with Gasteiger partial charge in [-0.2, -0.15) is 0 Å². The van der Waals surface area contributed by atoms with Crippen LogP contribution >= 0.6 is 11.6 Å². The Balaban J connectivity index is 2.50. The zero-order chi connectivity index (χ0) is 12.2. The minimum Gasteiger partial charge on any atom is -0.309 e. The van der Waals surface area contributed by atoms with Gasteiger partial charge in [-0.3, -0.25) is 0 Å². The van der Waals surface area contributed by atoms with E-state index in [4.69, 9.17) is 16.7 Å². The average molecular weight is 263 g/mol. The van der Waals surface area contributed by atoms with Crippen LogP contribution < -0.4 is 10.5 Å². The van der Waals surface area contributed by atoms with Crippen molar-refractivity contribution in [2.45, 2.75) is 13.0 Å². The fraction of sp³-hybridized carbons (Fsp3) is 0.400. The summed E-state index contributed by atoms with van der Waals surface area (Å²) in [4.78, 5) is 0. The summed E-state index contributed by atoms with van der Waals surface area (Å²) in [6, 6.07) is 7.47. The molecule has 0 saturated carbocycles. The van der Waals surface area contributed by atoms with Gasteiger partial charge in [-0.15, -0.1) is 0 Å². The molecule has 16 heavy (non-hydrogen) atoms. The van der Waals surface area contributed by atoms with E-state index in [9.17, 15) is 8.42 Å². The number of nitrogens with two attached hydrogens (primary N) is 1. The molecular formula is C10H15ClN2O2S. The zero-order valence-electron chi connectivity index (χ0n) is 8.98. The number of nitrogens with one attached hydrogen (secondary N) is 1. The number of hydrogen-bond acceptors (Lipinski definition) is 3. The summed E-state index contributed by atoms with van der Waals surface area (Å²) in [6.07, 6.45) is 0. The second-order valence-corrected chi connectivity index (χ2v) is 5.77. The number of rotatable bonds is 5. The van der Waals surface area contributed by atoms with E-state index in [1.165, 1.54) is 0 Å². The molecule has 0 aliphatic carbocycles. The zero-order valence-corrected chi connectivity index (χ0v) is 10.6. The molecule has 6 heteroatoms. The van der Waals surface area contributed by atoms with Gasteiger partial charge in [-0.25, -0.2) is 13.6 Å². The third-order valence-corrected chi connectivity index (χ3v) is 3.19. The molecule has 0 aliphatic heterocycles. The third-order valence-electron chi connectivity index (χ3n) is 2.19. The summed E-state index contributed by atoms with van der Waals surface area (Å²) >= 11 is 5.85. The normalized spacial score (nSPS) is 13.7. The van der Waals surface area contributed by atoms with Crippen molar-refractivity contribution in [2.24, 2.45) is 5.14 Å². The molecule has 90 valence electrons. The fourth-order valence-corrected chi connectivity index (χ4v) is 1.91. The van der Waals surface area contributed by atoms with Gasteiger partial charge in [0.25, 0.3) is 0 Å². The van der Waals surface area contributed by atoms with Crippen LogP contribution in [0.5, 0.6) is 0 Å². The second-order valence-electron chi connectivity index (χ2n) is 3.60. The topological polar surface area (TPSA) is 72.2 Å². The molecule has 3 N–H and O–H groups in total. The summed E-state index contributed by atoms with van der Waals surface area (Å²) in [5.41, 5.74) is 1.02. The Kier molecular flexibility index (Phi) is 4.73. The summed E-state index contributed by atoms with van der Waals surface area (Å²) in [7, 11) is -3.40. The first-order valence-electron chi connectivity index (χ1n) is 4.88. The molecule has 0 saturated heterocycles. The first-order chi connectivity index (χ1) is 7.38. The first-order valence-corrected chi connectivity index (χ1v) is 6.97. The smallest absolute Gasteiger partial charge is 0.210 e. The van der Waals surface area contributed by atoms with Crippen molar-refractivity contribution in [2.75, 3.05) is 12.3 Å². The van der Waals surface area contributed by atoms with E-state index in [1.54, 1.807) is 6.07 Å². The molecular weight excluding hydrogens is 248 g/mol. The van der Waals surface area contributed by atoms with E-state index in [1.807, 2.05) is 25.1 Å². The monoisotopic (exact) mass is 262 g/mol. The van der Waals surface area contributed by atoms with Gasteiger partial charge in [0, 0.05) is 17.6 Å². The van der Waals surface area contributed by atoms with Gasteiger partial charge >= 0.3 is 0 Å². The standard InChI is InChI=1S/C10H15ClN2O2S/c1-8(13-5-6-16(12,14)15)9-3-2-4-10(11)7-9/h2-4,7-8,13H,5-6H2,1H3,(H2,12,14,15). The molecule has 0 radical (unpaired) electrons. The molecule has 1 unspecified atom stereocenters. The van der Waals surface area contributed by atoms with E-state index in [0.717, 1.165) is 5.56 Å². The Morgan fingerprint density at radius 2 is 2.19 bits per heavy atom. The maximum absolute atomic E-state index is 10.7. The van der Waals surface area contributed by atoms with E-state index in [0.29, 0.717) is 11.6 Å². The molecule has 0 heterocycles. The average Bonchev–Trinajstić information content (AvgIpc) is 2.15. The van der Waals surface area contributed by atoms with Crippen LogP contribution in [0.3, 0.4) is 0 Å². The number of halogens is 1. The van der Waals surface area contributed by atoms with Crippen molar-refractivity contribution < 1.29 is 8.42 Å². The van der Waals surface area contributed by atoms with Crippen LogP contribution in [-0.2, 0) is 10.0 Å². The molecule has 0 aliphatic rings. The maximum atomic E-state index is 10.7. The van der Waals surface area contributed by atoms with E-state index in [2.05, 4.69) is 5.32 Å². The molecule has 4 nitrogen and oxygen atoms in total. The van der Waals surface area contributed by atoms with Gasteiger partial charge < -0.3 is 5.32 Å². The number of benzene rings is 1. The highest BCUT2D eigenvalue weighted by molar-refractivity contribution is 7.89. The highest BCUT2D eigenvalue weighted by Crippen LogP contribution is 2.16. The summed E-state index contributed by atoms with van der Waals surface area (Å²) in [6.45, 7) is 2.27. The van der Waals surface area contributed by atoms with Crippen LogP contribution in [-0.4, -0.2) is 20.7 Å². The quantitative estimate of drug-likeness (QED) is 0.840. The van der Waals surface area contributed by atoms with Crippen LogP contribution in [0, 0.1) is 0 Å². The van der Waals surface area contributed by atoms with E-state index >= 15 is 0 Å². The van der Waals surface area contributed by atoms with Crippen molar-refractivity contribution in [1.82, 2.24) is 5.32 Å². The molecule has 0 fully saturated rings. The van der Waals surface area contributed by atoms with Crippen LogP contribution in [0.25, 0.3) is 0 Å². The lowest BCUT2D eigenvalue weighted by Crippen LogP contribution is -2.28. The van der Waals surface area contributed by atoms with E-state index < -0.39 is 10.0 Å². The molecule has 1 aromatic rings. The highest BCUT2D eigenvalue weighted by Gasteiger charge is 2.07. The van der Waals surface area contributed by atoms with Crippen LogP contribution in [0.2, 0.25) is 5.02 Å². The first kappa shape index (κ1) is 13.4. The molecule has 1 rings (SSSR count). The largest absolute Gasteiger partial charge is 0.309 e.